The molecule has 0 fully saturated rings. The average Bonchev–Trinajstić information content (AvgIpc) is 2.36. The topological polar surface area (TPSA) is 62.0 Å². The van der Waals surface area contributed by atoms with Gasteiger partial charge in [-0.05, 0) is 63.3 Å². The number of hydrogen-bond donors (Lipinski definition) is 2. The third-order valence-electron chi connectivity index (χ3n) is 3.25. The van der Waals surface area contributed by atoms with Crippen molar-refractivity contribution >= 4 is 16.8 Å². The lowest BCUT2D eigenvalue weighted by atomic mass is 10.0. The van der Waals surface area contributed by atoms with Crippen LogP contribution in [0.3, 0.4) is 0 Å². The van der Waals surface area contributed by atoms with Gasteiger partial charge in [-0.15, -0.1) is 0 Å². The summed E-state index contributed by atoms with van der Waals surface area (Å²) in [6, 6.07) is 7.76. The Labute approximate surface area is 124 Å². The molecular formula is C17H22N2O2. The van der Waals surface area contributed by atoms with Crippen molar-refractivity contribution in [2.45, 2.75) is 46.1 Å². The summed E-state index contributed by atoms with van der Waals surface area (Å²) >= 11 is 0. The molecule has 2 N–H and O–H groups in total. The van der Waals surface area contributed by atoms with Gasteiger partial charge in [-0.25, -0.2) is 0 Å². The van der Waals surface area contributed by atoms with Gasteiger partial charge >= 0.3 is 0 Å². The standard InChI is InChI=1S/C17H22N2O2/c1-11-9-13-10-12(5-7-14(13)18-16(11)21)6-8-15(20)19-17(2,3)4/h5,7,9-10H,6,8H2,1-4H3,(H,18,21)(H,19,20). The van der Waals surface area contributed by atoms with Gasteiger partial charge in [0.15, 0.2) is 0 Å². The quantitative estimate of drug-likeness (QED) is 0.911. The van der Waals surface area contributed by atoms with E-state index in [0.29, 0.717) is 18.4 Å². The molecule has 112 valence electrons. The number of rotatable bonds is 3. The lowest BCUT2D eigenvalue weighted by Gasteiger charge is -2.20. The number of carbonyl (C=O) groups excluding carboxylic acids is 1. The molecular weight excluding hydrogens is 264 g/mol. The van der Waals surface area contributed by atoms with Crippen LogP contribution >= 0.6 is 0 Å². The van der Waals surface area contributed by atoms with Gasteiger partial charge < -0.3 is 10.3 Å². The number of fused-ring (bicyclic) bond motifs is 1. The Bertz CT molecular complexity index is 724. The molecule has 21 heavy (non-hydrogen) atoms. The van der Waals surface area contributed by atoms with E-state index in [1.807, 2.05) is 45.0 Å². The predicted molar refractivity (Wildman–Crippen MR) is 85.5 cm³/mol. The summed E-state index contributed by atoms with van der Waals surface area (Å²) in [6.45, 7) is 7.71. The first-order valence-electron chi connectivity index (χ1n) is 7.18. The molecule has 4 heteroatoms. The molecule has 0 unspecified atom stereocenters. The van der Waals surface area contributed by atoms with Gasteiger partial charge in [0.1, 0.15) is 0 Å². The van der Waals surface area contributed by atoms with Crippen LogP contribution in [0.4, 0.5) is 0 Å². The highest BCUT2D eigenvalue weighted by molar-refractivity contribution is 5.80. The lowest BCUT2D eigenvalue weighted by molar-refractivity contribution is -0.122. The third-order valence-corrected chi connectivity index (χ3v) is 3.25. The zero-order valence-corrected chi connectivity index (χ0v) is 13.0. The minimum absolute atomic E-state index is 0.0557. The van der Waals surface area contributed by atoms with Gasteiger partial charge in [-0.2, -0.15) is 0 Å². The van der Waals surface area contributed by atoms with Crippen molar-refractivity contribution in [1.82, 2.24) is 10.3 Å². The average molecular weight is 286 g/mol. The second kappa shape index (κ2) is 5.72. The van der Waals surface area contributed by atoms with Gasteiger partial charge in [0, 0.05) is 23.0 Å². The molecule has 4 nitrogen and oxygen atoms in total. The van der Waals surface area contributed by atoms with Gasteiger partial charge in [0.25, 0.3) is 5.56 Å². The number of carbonyl (C=O) groups is 1. The maximum atomic E-state index is 11.8. The van der Waals surface area contributed by atoms with Crippen molar-refractivity contribution in [1.29, 1.82) is 0 Å². The number of aryl methyl sites for hydroxylation is 2. The van der Waals surface area contributed by atoms with Crippen LogP contribution in [-0.2, 0) is 11.2 Å². The fraction of sp³-hybridized carbons (Fsp3) is 0.412. The highest BCUT2D eigenvalue weighted by Crippen LogP contribution is 2.15. The smallest absolute Gasteiger partial charge is 0.251 e. The van der Waals surface area contributed by atoms with Crippen LogP contribution in [0.15, 0.2) is 29.1 Å². The van der Waals surface area contributed by atoms with Crippen LogP contribution in [0.1, 0.15) is 38.3 Å². The van der Waals surface area contributed by atoms with E-state index in [1.54, 1.807) is 6.92 Å². The van der Waals surface area contributed by atoms with Crippen molar-refractivity contribution in [2.24, 2.45) is 0 Å². The van der Waals surface area contributed by atoms with Crippen LogP contribution in [0.5, 0.6) is 0 Å². The van der Waals surface area contributed by atoms with Gasteiger partial charge in [0.05, 0.1) is 0 Å². The summed E-state index contributed by atoms with van der Waals surface area (Å²) in [6.07, 6.45) is 1.15. The molecule has 1 amide bonds. The monoisotopic (exact) mass is 286 g/mol. The minimum Gasteiger partial charge on any atom is -0.351 e. The van der Waals surface area contributed by atoms with Crippen LogP contribution < -0.4 is 10.9 Å². The minimum atomic E-state index is -0.197. The number of aromatic nitrogens is 1. The molecule has 0 saturated heterocycles. The van der Waals surface area contributed by atoms with Crippen LogP contribution in [0.25, 0.3) is 10.9 Å². The molecule has 1 heterocycles. The fourth-order valence-electron chi connectivity index (χ4n) is 2.26. The van der Waals surface area contributed by atoms with Crippen LogP contribution in [0.2, 0.25) is 0 Å². The normalized spacial score (nSPS) is 11.6. The summed E-state index contributed by atoms with van der Waals surface area (Å²) in [5.41, 5.74) is 2.37. The van der Waals surface area contributed by atoms with E-state index in [4.69, 9.17) is 0 Å². The predicted octanol–water partition coefficient (Wildman–Crippen LogP) is 2.68. The Balaban J connectivity index is 2.11. The summed E-state index contributed by atoms with van der Waals surface area (Å²) in [5, 5.41) is 3.96. The second-order valence-corrected chi connectivity index (χ2v) is 6.50. The largest absolute Gasteiger partial charge is 0.351 e. The van der Waals surface area contributed by atoms with E-state index in [-0.39, 0.29) is 17.0 Å². The molecule has 1 aromatic heterocycles. The summed E-state index contributed by atoms with van der Waals surface area (Å²) in [4.78, 5) is 26.2. The van der Waals surface area contributed by atoms with Crippen LogP contribution in [-0.4, -0.2) is 16.4 Å². The highest BCUT2D eigenvalue weighted by atomic mass is 16.1. The maximum absolute atomic E-state index is 11.8. The van der Waals surface area contributed by atoms with Crippen molar-refractivity contribution in [3.05, 3.63) is 45.7 Å². The van der Waals surface area contributed by atoms with Gasteiger partial charge in [-0.1, -0.05) is 6.07 Å². The number of benzene rings is 1. The number of amides is 1. The van der Waals surface area contributed by atoms with E-state index in [1.165, 1.54) is 0 Å². The molecule has 0 aliphatic carbocycles. The molecule has 0 atom stereocenters. The number of aromatic amines is 1. The zero-order valence-electron chi connectivity index (χ0n) is 13.0. The van der Waals surface area contributed by atoms with Gasteiger partial charge in [0.2, 0.25) is 5.91 Å². The molecule has 0 saturated carbocycles. The van der Waals surface area contributed by atoms with E-state index in [9.17, 15) is 9.59 Å². The summed E-state index contributed by atoms with van der Waals surface area (Å²) in [7, 11) is 0. The molecule has 0 bridgehead atoms. The van der Waals surface area contributed by atoms with Crippen molar-refractivity contribution in [3.63, 3.8) is 0 Å². The molecule has 0 aliphatic rings. The van der Waals surface area contributed by atoms with Crippen molar-refractivity contribution < 1.29 is 4.79 Å². The van der Waals surface area contributed by atoms with Gasteiger partial charge in [-0.3, -0.25) is 9.59 Å². The molecule has 0 aliphatic heterocycles. The molecule has 2 aromatic rings. The fourth-order valence-corrected chi connectivity index (χ4v) is 2.26. The highest BCUT2D eigenvalue weighted by Gasteiger charge is 2.13. The van der Waals surface area contributed by atoms with E-state index >= 15 is 0 Å². The number of hydrogen-bond acceptors (Lipinski definition) is 2. The Kier molecular flexibility index (Phi) is 4.16. The molecule has 2 rings (SSSR count). The Morgan fingerprint density at radius 3 is 2.62 bits per heavy atom. The summed E-state index contributed by atoms with van der Waals surface area (Å²) in [5.74, 6) is 0.0558. The van der Waals surface area contributed by atoms with Crippen molar-refractivity contribution in [2.75, 3.05) is 0 Å². The first kappa shape index (κ1) is 15.3. The Morgan fingerprint density at radius 1 is 1.24 bits per heavy atom. The third kappa shape index (κ3) is 4.18. The number of nitrogens with one attached hydrogen (secondary N) is 2. The number of pyridine rings is 1. The Hall–Kier alpha value is -2.10. The second-order valence-electron chi connectivity index (χ2n) is 6.50. The molecule has 1 aromatic carbocycles. The van der Waals surface area contributed by atoms with E-state index in [0.717, 1.165) is 16.5 Å². The molecule has 0 spiro atoms. The maximum Gasteiger partial charge on any atom is 0.251 e. The SMILES string of the molecule is Cc1cc2cc(CCC(=O)NC(C)(C)C)ccc2[nH]c1=O. The van der Waals surface area contributed by atoms with E-state index in [2.05, 4.69) is 10.3 Å². The molecule has 0 radical (unpaired) electrons. The number of H-pyrrole nitrogens is 1. The Morgan fingerprint density at radius 2 is 1.95 bits per heavy atom. The first-order valence-corrected chi connectivity index (χ1v) is 7.18. The van der Waals surface area contributed by atoms with Crippen LogP contribution in [0, 0.1) is 6.92 Å². The van der Waals surface area contributed by atoms with E-state index < -0.39 is 0 Å². The summed E-state index contributed by atoms with van der Waals surface area (Å²) < 4.78 is 0. The zero-order chi connectivity index (χ0) is 15.6. The first-order chi connectivity index (χ1) is 9.74. The lowest BCUT2D eigenvalue weighted by Crippen LogP contribution is -2.40. The van der Waals surface area contributed by atoms with Crippen molar-refractivity contribution in [3.8, 4) is 0 Å².